The van der Waals surface area contributed by atoms with Crippen molar-refractivity contribution in [2.24, 2.45) is 0 Å². The van der Waals surface area contributed by atoms with Crippen LogP contribution >= 0.6 is 0 Å². The van der Waals surface area contributed by atoms with Crippen molar-refractivity contribution in [1.82, 2.24) is 24.6 Å². The molecule has 0 N–H and O–H groups in total. The average Bonchev–Trinajstić information content (AvgIpc) is 3.35. The molecule has 0 bridgehead atoms. The molecule has 0 spiro atoms. The zero-order chi connectivity index (χ0) is 16.5. The maximum Gasteiger partial charge on any atom is 0.244 e. The largest absolute Gasteiger partial charge is 0.353 e. The molecule has 7 nitrogen and oxygen atoms in total. The molecular formula is C17H22N6O. The zero-order valence-corrected chi connectivity index (χ0v) is 13.9. The monoisotopic (exact) mass is 326 g/mol. The van der Waals surface area contributed by atoms with E-state index in [9.17, 15) is 4.79 Å². The quantitative estimate of drug-likeness (QED) is 0.845. The molecule has 1 saturated carbocycles. The van der Waals surface area contributed by atoms with Crippen molar-refractivity contribution >= 4 is 11.7 Å². The number of aryl methyl sites for hydroxylation is 1. The summed E-state index contributed by atoms with van der Waals surface area (Å²) in [6, 6.07) is 1.92. The third-order valence-electron chi connectivity index (χ3n) is 4.72. The summed E-state index contributed by atoms with van der Waals surface area (Å²) in [5.74, 6) is 2.53. The molecule has 1 aliphatic heterocycles. The highest BCUT2D eigenvalue weighted by molar-refractivity contribution is 5.76. The Morgan fingerprint density at radius 3 is 2.75 bits per heavy atom. The molecule has 7 heteroatoms. The van der Waals surface area contributed by atoms with Gasteiger partial charge in [-0.3, -0.25) is 9.48 Å². The molecule has 0 radical (unpaired) electrons. The summed E-state index contributed by atoms with van der Waals surface area (Å²) in [5, 5.41) is 4.33. The van der Waals surface area contributed by atoms with Crippen molar-refractivity contribution < 1.29 is 4.79 Å². The normalized spacial score (nSPS) is 18.0. The van der Waals surface area contributed by atoms with Crippen LogP contribution in [-0.2, 0) is 11.3 Å². The van der Waals surface area contributed by atoms with Gasteiger partial charge in [0.1, 0.15) is 18.2 Å². The van der Waals surface area contributed by atoms with Crippen molar-refractivity contribution in [2.45, 2.75) is 32.2 Å². The Bertz CT molecular complexity index is 730. The highest BCUT2D eigenvalue weighted by Crippen LogP contribution is 2.39. The summed E-state index contributed by atoms with van der Waals surface area (Å²) in [4.78, 5) is 25.2. The van der Waals surface area contributed by atoms with Crippen LogP contribution < -0.4 is 4.90 Å². The van der Waals surface area contributed by atoms with Gasteiger partial charge in [-0.05, 0) is 37.3 Å². The van der Waals surface area contributed by atoms with Crippen LogP contribution in [0, 0.1) is 6.92 Å². The second-order valence-corrected chi connectivity index (χ2v) is 6.58. The first-order valence-electron chi connectivity index (χ1n) is 8.54. The fourth-order valence-corrected chi connectivity index (χ4v) is 3.14. The molecule has 0 unspecified atom stereocenters. The lowest BCUT2D eigenvalue weighted by Gasteiger charge is -2.35. The smallest absolute Gasteiger partial charge is 0.244 e. The number of hydrogen-bond donors (Lipinski definition) is 0. The minimum Gasteiger partial charge on any atom is -0.353 e. The van der Waals surface area contributed by atoms with E-state index < -0.39 is 0 Å². The minimum absolute atomic E-state index is 0.138. The number of piperazine rings is 1. The first-order valence-corrected chi connectivity index (χ1v) is 8.54. The third kappa shape index (κ3) is 3.25. The van der Waals surface area contributed by atoms with E-state index in [1.54, 1.807) is 10.9 Å². The Hall–Kier alpha value is -2.44. The summed E-state index contributed by atoms with van der Waals surface area (Å²) in [5.41, 5.74) is 1.27. The number of nitrogens with zero attached hydrogens (tertiary/aromatic N) is 6. The molecule has 2 aliphatic rings. The lowest BCUT2D eigenvalue weighted by Crippen LogP contribution is -2.49. The van der Waals surface area contributed by atoms with Gasteiger partial charge >= 0.3 is 0 Å². The van der Waals surface area contributed by atoms with E-state index in [1.165, 1.54) is 18.4 Å². The van der Waals surface area contributed by atoms with Crippen molar-refractivity contribution in [3.05, 3.63) is 36.0 Å². The number of hydrogen-bond acceptors (Lipinski definition) is 5. The predicted octanol–water partition coefficient (Wildman–Crippen LogP) is 1.21. The van der Waals surface area contributed by atoms with Crippen LogP contribution in [0.1, 0.15) is 30.1 Å². The number of anilines is 1. The summed E-state index contributed by atoms with van der Waals surface area (Å²) in [6.45, 7) is 5.27. The van der Waals surface area contributed by atoms with Gasteiger partial charge in [0, 0.05) is 38.6 Å². The van der Waals surface area contributed by atoms with Crippen LogP contribution in [0.5, 0.6) is 0 Å². The van der Waals surface area contributed by atoms with E-state index in [4.69, 9.17) is 0 Å². The lowest BCUT2D eigenvalue weighted by atomic mass is 10.2. The van der Waals surface area contributed by atoms with Crippen LogP contribution in [0.25, 0.3) is 0 Å². The van der Waals surface area contributed by atoms with Crippen LogP contribution in [0.4, 0.5) is 5.82 Å². The topological polar surface area (TPSA) is 67.2 Å². The Morgan fingerprint density at radius 2 is 2.04 bits per heavy atom. The molecule has 126 valence electrons. The fraction of sp³-hybridized carbons (Fsp3) is 0.529. The summed E-state index contributed by atoms with van der Waals surface area (Å²) in [6.07, 6.45) is 8.22. The average molecular weight is 326 g/mol. The molecule has 2 aromatic heterocycles. The Labute approximate surface area is 141 Å². The molecule has 4 rings (SSSR count). The summed E-state index contributed by atoms with van der Waals surface area (Å²) in [7, 11) is 0. The fourth-order valence-electron chi connectivity index (χ4n) is 3.14. The number of carbonyl (C=O) groups excluding carboxylic acids is 1. The molecule has 2 aromatic rings. The molecule has 24 heavy (non-hydrogen) atoms. The van der Waals surface area contributed by atoms with Gasteiger partial charge in [0.15, 0.2) is 0 Å². The highest BCUT2D eigenvalue weighted by atomic mass is 16.2. The van der Waals surface area contributed by atoms with Crippen LogP contribution in [0.15, 0.2) is 24.7 Å². The molecule has 2 fully saturated rings. The van der Waals surface area contributed by atoms with Gasteiger partial charge in [-0.25, -0.2) is 9.97 Å². The van der Waals surface area contributed by atoms with Gasteiger partial charge in [-0.1, -0.05) is 0 Å². The molecule has 3 heterocycles. The first-order chi connectivity index (χ1) is 11.7. The molecular weight excluding hydrogens is 304 g/mol. The Morgan fingerprint density at radius 1 is 1.25 bits per heavy atom. The maximum atomic E-state index is 12.5. The van der Waals surface area contributed by atoms with Crippen molar-refractivity contribution in [3.8, 4) is 0 Å². The molecule has 1 saturated heterocycles. The number of rotatable bonds is 4. The van der Waals surface area contributed by atoms with Gasteiger partial charge in [-0.2, -0.15) is 5.10 Å². The van der Waals surface area contributed by atoms with Crippen molar-refractivity contribution in [3.63, 3.8) is 0 Å². The van der Waals surface area contributed by atoms with Gasteiger partial charge in [0.2, 0.25) is 5.91 Å². The van der Waals surface area contributed by atoms with E-state index in [-0.39, 0.29) is 5.91 Å². The van der Waals surface area contributed by atoms with E-state index in [0.29, 0.717) is 12.5 Å². The number of aromatic nitrogens is 4. The second-order valence-electron chi connectivity index (χ2n) is 6.58. The van der Waals surface area contributed by atoms with E-state index in [1.807, 2.05) is 30.3 Å². The highest BCUT2D eigenvalue weighted by Gasteiger charge is 2.26. The summed E-state index contributed by atoms with van der Waals surface area (Å²) >= 11 is 0. The Balaban J connectivity index is 1.32. The standard InChI is InChI=1S/C17H22N6O/c1-13-18-5-4-16(20-13)21-6-8-22(9-7-21)17(24)12-23-11-15(10-19-23)14-2-3-14/h4-5,10-11,14H,2-3,6-9,12H2,1H3. The summed E-state index contributed by atoms with van der Waals surface area (Å²) < 4.78 is 1.77. The van der Waals surface area contributed by atoms with E-state index >= 15 is 0 Å². The molecule has 1 aliphatic carbocycles. The van der Waals surface area contributed by atoms with E-state index in [2.05, 4.69) is 20.0 Å². The van der Waals surface area contributed by atoms with Crippen molar-refractivity contribution in [2.75, 3.05) is 31.1 Å². The molecule has 1 amide bonds. The number of amides is 1. The lowest BCUT2D eigenvalue weighted by molar-refractivity contribution is -0.132. The van der Waals surface area contributed by atoms with Crippen LogP contribution in [0.2, 0.25) is 0 Å². The van der Waals surface area contributed by atoms with Gasteiger partial charge in [-0.15, -0.1) is 0 Å². The minimum atomic E-state index is 0.138. The van der Waals surface area contributed by atoms with Crippen LogP contribution in [0.3, 0.4) is 0 Å². The van der Waals surface area contributed by atoms with Gasteiger partial charge < -0.3 is 9.80 Å². The number of carbonyl (C=O) groups is 1. The second kappa shape index (κ2) is 6.22. The third-order valence-corrected chi connectivity index (χ3v) is 4.72. The zero-order valence-electron chi connectivity index (χ0n) is 13.9. The maximum absolute atomic E-state index is 12.5. The van der Waals surface area contributed by atoms with E-state index in [0.717, 1.165) is 37.8 Å². The molecule has 0 atom stereocenters. The SMILES string of the molecule is Cc1nccc(N2CCN(C(=O)Cn3cc(C4CC4)cn3)CC2)n1. The Kier molecular flexibility index (Phi) is 3.92. The first kappa shape index (κ1) is 15.1. The molecule has 0 aromatic carbocycles. The predicted molar refractivity (Wildman–Crippen MR) is 89.8 cm³/mol. The van der Waals surface area contributed by atoms with Crippen LogP contribution in [-0.4, -0.2) is 56.7 Å². The van der Waals surface area contributed by atoms with Crippen molar-refractivity contribution in [1.29, 1.82) is 0 Å². The van der Waals surface area contributed by atoms with Gasteiger partial charge in [0.05, 0.1) is 6.20 Å². The van der Waals surface area contributed by atoms with Gasteiger partial charge in [0.25, 0.3) is 0 Å².